The number of hydrogen-bond donors (Lipinski definition) is 2. The summed E-state index contributed by atoms with van der Waals surface area (Å²) in [6, 6.07) is 0.198. The number of carbonyl (C=O) groups is 1. The number of carbonyl (C=O) groups excluding carboxylic acids is 1. The third-order valence-corrected chi connectivity index (χ3v) is 2.03. The van der Waals surface area contributed by atoms with Gasteiger partial charge in [-0.3, -0.25) is 4.79 Å². The zero-order chi connectivity index (χ0) is 9.84. The summed E-state index contributed by atoms with van der Waals surface area (Å²) in [6.45, 7) is 5.83. The fourth-order valence-electron chi connectivity index (χ4n) is 0.982. The topological polar surface area (TPSA) is 57.8 Å². The zero-order valence-electron chi connectivity index (χ0n) is 8.22. The third kappa shape index (κ3) is 2.31. The second-order valence-electron chi connectivity index (χ2n) is 3.16. The Morgan fingerprint density at radius 2 is 2.46 bits per heavy atom. The van der Waals surface area contributed by atoms with Crippen LogP contribution in [0.25, 0.3) is 0 Å². The van der Waals surface area contributed by atoms with E-state index in [-0.39, 0.29) is 11.9 Å². The zero-order valence-corrected chi connectivity index (χ0v) is 8.22. The van der Waals surface area contributed by atoms with Crippen molar-refractivity contribution in [2.45, 2.75) is 33.2 Å². The van der Waals surface area contributed by atoms with E-state index in [1.165, 1.54) is 6.33 Å². The van der Waals surface area contributed by atoms with Gasteiger partial charge < -0.3 is 10.3 Å². The van der Waals surface area contributed by atoms with Crippen molar-refractivity contribution in [1.82, 2.24) is 15.3 Å². The Bertz CT molecular complexity index is 293. The van der Waals surface area contributed by atoms with Gasteiger partial charge in [-0.1, -0.05) is 6.92 Å². The van der Waals surface area contributed by atoms with Gasteiger partial charge in [-0.25, -0.2) is 4.98 Å². The van der Waals surface area contributed by atoms with Crippen LogP contribution in [0.3, 0.4) is 0 Å². The molecule has 72 valence electrons. The van der Waals surface area contributed by atoms with Gasteiger partial charge in [0, 0.05) is 11.7 Å². The van der Waals surface area contributed by atoms with Gasteiger partial charge in [0.1, 0.15) is 5.69 Å². The van der Waals surface area contributed by atoms with Crippen molar-refractivity contribution >= 4 is 5.91 Å². The highest BCUT2D eigenvalue weighted by molar-refractivity contribution is 5.93. The van der Waals surface area contributed by atoms with E-state index in [1.807, 2.05) is 20.8 Å². The SMILES string of the molecule is CCC(C)NC(=O)c1nc[nH]c1C. The number of H-pyrrole nitrogens is 1. The lowest BCUT2D eigenvalue weighted by Gasteiger charge is -2.09. The molecule has 1 aromatic heterocycles. The van der Waals surface area contributed by atoms with Crippen LogP contribution in [0.5, 0.6) is 0 Å². The molecular weight excluding hydrogens is 166 g/mol. The molecule has 0 saturated heterocycles. The lowest BCUT2D eigenvalue weighted by Crippen LogP contribution is -2.32. The first-order chi connectivity index (χ1) is 6.15. The molecule has 1 atom stereocenters. The summed E-state index contributed by atoms with van der Waals surface area (Å²) in [5, 5.41) is 2.85. The highest BCUT2D eigenvalue weighted by Crippen LogP contribution is 2.01. The number of hydrogen-bond acceptors (Lipinski definition) is 2. The van der Waals surface area contributed by atoms with E-state index in [9.17, 15) is 4.79 Å². The van der Waals surface area contributed by atoms with Crippen LogP contribution in [0, 0.1) is 6.92 Å². The van der Waals surface area contributed by atoms with Gasteiger partial charge in [0.15, 0.2) is 0 Å². The molecule has 0 bridgehead atoms. The van der Waals surface area contributed by atoms with Gasteiger partial charge in [0.2, 0.25) is 0 Å². The number of aromatic nitrogens is 2. The molecule has 1 rings (SSSR count). The summed E-state index contributed by atoms with van der Waals surface area (Å²) in [6.07, 6.45) is 2.45. The second-order valence-corrected chi connectivity index (χ2v) is 3.16. The standard InChI is InChI=1S/C9H15N3O/c1-4-6(2)12-9(13)8-7(3)10-5-11-8/h5-6H,4H2,1-3H3,(H,10,11)(H,12,13). The van der Waals surface area contributed by atoms with Crippen LogP contribution in [0.4, 0.5) is 0 Å². The maximum absolute atomic E-state index is 11.5. The third-order valence-electron chi connectivity index (χ3n) is 2.03. The van der Waals surface area contributed by atoms with E-state index in [1.54, 1.807) is 0 Å². The van der Waals surface area contributed by atoms with Crippen LogP contribution in [0.15, 0.2) is 6.33 Å². The Morgan fingerprint density at radius 1 is 1.77 bits per heavy atom. The maximum atomic E-state index is 11.5. The fraction of sp³-hybridized carbons (Fsp3) is 0.556. The van der Waals surface area contributed by atoms with Gasteiger partial charge in [0.25, 0.3) is 5.91 Å². The number of rotatable bonds is 3. The van der Waals surface area contributed by atoms with Crippen molar-refractivity contribution in [2.24, 2.45) is 0 Å². The first-order valence-electron chi connectivity index (χ1n) is 4.46. The monoisotopic (exact) mass is 181 g/mol. The smallest absolute Gasteiger partial charge is 0.271 e. The first-order valence-corrected chi connectivity index (χ1v) is 4.46. The van der Waals surface area contributed by atoms with Gasteiger partial charge in [0.05, 0.1) is 6.33 Å². The van der Waals surface area contributed by atoms with Gasteiger partial charge >= 0.3 is 0 Å². The highest BCUT2D eigenvalue weighted by Gasteiger charge is 2.12. The minimum Gasteiger partial charge on any atom is -0.348 e. The number of aryl methyl sites for hydroxylation is 1. The Labute approximate surface area is 77.8 Å². The minimum atomic E-state index is -0.104. The van der Waals surface area contributed by atoms with Crippen molar-refractivity contribution in [3.8, 4) is 0 Å². The van der Waals surface area contributed by atoms with Crippen LogP contribution in [0.1, 0.15) is 36.5 Å². The number of imidazole rings is 1. The van der Waals surface area contributed by atoms with Crippen molar-refractivity contribution in [3.05, 3.63) is 17.7 Å². The summed E-state index contributed by atoms with van der Waals surface area (Å²) in [5.41, 5.74) is 1.29. The van der Waals surface area contributed by atoms with E-state index < -0.39 is 0 Å². The molecule has 0 fully saturated rings. The molecule has 1 aromatic rings. The van der Waals surface area contributed by atoms with Gasteiger partial charge in [-0.2, -0.15) is 0 Å². The fourth-order valence-corrected chi connectivity index (χ4v) is 0.982. The predicted molar refractivity (Wildman–Crippen MR) is 50.5 cm³/mol. The molecule has 4 heteroatoms. The number of aromatic amines is 1. The summed E-state index contributed by atoms with van der Waals surface area (Å²) in [5.74, 6) is -0.104. The largest absolute Gasteiger partial charge is 0.348 e. The molecule has 1 unspecified atom stereocenters. The molecule has 2 N–H and O–H groups in total. The summed E-state index contributed by atoms with van der Waals surface area (Å²) in [7, 11) is 0. The molecule has 1 amide bonds. The number of nitrogens with zero attached hydrogens (tertiary/aromatic N) is 1. The van der Waals surface area contributed by atoms with Gasteiger partial charge in [-0.15, -0.1) is 0 Å². The minimum absolute atomic E-state index is 0.104. The molecule has 0 aromatic carbocycles. The molecule has 0 aliphatic heterocycles. The Hall–Kier alpha value is -1.32. The average molecular weight is 181 g/mol. The molecule has 0 aliphatic carbocycles. The van der Waals surface area contributed by atoms with E-state index >= 15 is 0 Å². The molecule has 0 radical (unpaired) electrons. The summed E-state index contributed by atoms with van der Waals surface area (Å²) < 4.78 is 0. The van der Waals surface area contributed by atoms with Crippen LogP contribution in [-0.4, -0.2) is 21.9 Å². The molecule has 0 spiro atoms. The number of nitrogens with one attached hydrogen (secondary N) is 2. The van der Waals surface area contributed by atoms with E-state index in [4.69, 9.17) is 0 Å². The highest BCUT2D eigenvalue weighted by atomic mass is 16.1. The molecule has 0 saturated carbocycles. The predicted octanol–water partition coefficient (Wildman–Crippen LogP) is 1.25. The van der Waals surface area contributed by atoms with E-state index in [2.05, 4.69) is 15.3 Å². The Balaban J connectivity index is 2.64. The first kappa shape index (κ1) is 9.77. The Kier molecular flexibility index (Phi) is 3.06. The van der Waals surface area contributed by atoms with Crippen LogP contribution < -0.4 is 5.32 Å². The summed E-state index contributed by atoms with van der Waals surface area (Å²) in [4.78, 5) is 18.3. The lowest BCUT2D eigenvalue weighted by atomic mass is 10.2. The number of amides is 1. The van der Waals surface area contributed by atoms with Crippen LogP contribution >= 0.6 is 0 Å². The van der Waals surface area contributed by atoms with Crippen LogP contribution in [0.2, 0.25) is 0 Å². The summed E-state index contributed by atoms with van der Waals surface area (Å²) >= 11 is 0. The van der Waals surface area contributed by atoms with Crippen molar-refractivity contribution in [1.29, 1.82) is 0 Å². The van der Waals surface area contributed by atoms with Crippen molar-refractivity contribution in [2.75, 3.05) is 0 Å². The lowest BCUT2D eigenvalue weighted by molar-refractivity contribution is 0.0934. The molecular formula is C9H15N3O. The van der Waals surface area contributed by atoms with Crippen molar-refractivity contribution in [3.63, 3.8) is 0 Å². The average Bonchev–Trinajstić information content (AvgIpc) is 2.51. The second kappa shape index (κ2) is 4.07. The normalized spacial score (nSPS) is 12.5. The quantitative estimate of drug-likeness (QED) is 0.737. The van der Waals surface area contributed by atoms with Crippen LogP contribution in [-0.2, 0) is 0 Å². The van der Waals surface area contributed by atoms with E-state index in [0.717, 1.165) is 12.1 Å². The Morgan fingerprint density at radius 3 is 2.92 bits per heavy atom. The van der Waals surface area contributed by atoms with Gasteiger partial charge in [-0.05, 0) is 20.3 Å². The molecule has 4 nitrogen and oxygen atoms in total. The van der Waals surface area contributed by atoms with E-state index in [0.29, 0.717) is 5.69 Å². The molecule has 13 heavy (non-hydrogen) atoms. The molecule has 1 heterocycles. The van der Waals surface area contributed by atoms with Crippen molar-refractivity contribution < 1.29 is 4.79 Å². The molecule has 0 aliphatic rings. The maximum Gasteiger partial charge on any atom is 0.271 e.